The van der Waals surface area contributed by atoms with Crippen LogP contribution in [0.4, 0.5) is 0 Å². The van der Waals surface area contributed by atoms with Crippen molar-refractivity contribution in [2.45, 2.75) is 19.5 Å². The normalized spacial score (nSPS) is 11.2. The summed E-state index contributed by atoms with van der Waals surface area (Å²) in [6, 6.07) is 15.6. The molecule has 0 saturated heterocycles. The molecule has 0 fully saturated rings. The van der Waals surface area contributed by atoms with Gasteiger partial charge < -0.3 is 9.88 Å². The molecule has 4 rings (SSSR count). The summed E-state index contributed by atoms with van der Waals surface area (Å²) >= 11 is 0. The number of hydrogen-bond acceptors (Lipinski definition) is 3. The molecule has 0 atom stereocenters. The number of nitrogens with one attached hydrogen (secondary N) is 1. The molecule has 7 heteroatoms. The highest BCUT2D eigenvalue weighted by Crippen LogP contribution is 2.15. The second kappa shape index (κ2) is 6.87. The molecule has 7 nitrogen and oxygen atoms in total. The van der Waals surface area contributed by atoms with E-state index in [1.165, 1.54) is 20.0 Å². The van der Waals surface area contributed by atoms with Crippen LogP contribution in [0.2, 0.25) is 0 Å². The Bertz CT molecular complexity index is 1120. The van der Waals surface area contributed by atoms with Gasteiger partial charge in [-0.2, -0.15) is 0 Å². The minimum absolute atomic E-state index is 0.0764. The number of amides is 1. The number of fused-ring (bicyclic) bond motifs is 2. The van der Waals surface area contributed by atoms with Crippen molar-refractivity contribution in [1.29, 1.82) is 0 Å². The number of hydrogen-bond donors (Lipinski definition) is 1. The minimum Gasteiger partial charge on any atom is -0.354 e. The molecular weight excluding hydrogens is 330 g/mol. The van der Waals surface area contributed by atoms with Crippen molar-refractivity contribution in [2.24, 2.45) is 0 Å². The Kier molecular flexibility index (Phi) is 4.27. The van der Waals surface area contributed by atoms with E-state index in [9.17, 15) is 9.59 Å². The van der Waals surface area contributed by atoms with Gasteiger partial charge in [0.25, 0.3) is 0 Å². The first-order valence-electron chi connectivity index (χ1n) is 8.57. The molecule has 0 bridgehead atoms. The van der Waals surface area contributed by atoms with Crippen molar-refractivity contribution in [1.82, 2.24) is 24.1 Å². The SMILES string of the molecule is O=C(Cn1nc2ccccn2c1=O)NCCCn1ccc2ccccc21. The van der Waals surface area contributed by atoms with Crippen molar-refractivity contribution in [3.63, 3.8) is 0 Å². The molecule has 0 radical (unpaired) electrons. The summed E-state index contributed by atoms with van der Waals surface area (Å²) in [6.07, 6.45) is 4.51. The van der Waals surface area contributed by atoms with Crippen LogP contribution < -0.4 is 11.0 Å². The van der Waals surface area contributed by atoms with Gasteiger partial charge in [0.1, 0.15) is 6.54 Å². The van der Waals surface area contributed by atoms with Gasteiger partial charge >= 0.3 is 5.69 Å². The summed E-state index contributed by atoms with van der Waals surface area (Å²) in [5.74, 6) is -0.215. The lowest BCUT2D eigenvalue weighted by Crippen LogP contribution is -2.33. The van der Waals surface area contributed by atoms with Crippen LogP contribution in [0.5, 0.6) is 0 Å². The Labute approximate surface area is 149 Å². The van der Waals surface area contributed by atoms with E-state index < -0.39 is 0 Å². The van der Waals surface area contributed by atoms with Gasteiger partial charge in [-0.05, 0) is 36.1 Å². The lowest BCUT2D eigenvalue weighted by Gasteiger charge is -2.07. The van der Waals surface area contributed by atoms with Crippen LogP contribution in [0, 0.1) is 0 Å². The van der Waals surface area contributed by atoms with Gasteiger partial charge in [-0.1, -0.05) is 24.3 Å². The number of benzene rings is 1. The Hall–Kier alpha value is -3.35. The van der Waals surface area contributed by atoms with Crippen molar-refractivity contribution < 1.29 is 4.79 Å². The second-order valence-corrected chi connectivity index (χ2v) is 6.14. The Morgan fingerprint density at radius 1 is 1.04 bits per heavy atom. The molecule has 0 aliphatic rings. The van der Waals surface area contributed by atoms with Crippen molar-refractivity contribution >= 4 is 22.5 Å². The smallest absolute Gasteiger partial charge is 0.350 e. The zero-order valence-corrected chi connectivity index (χ0v) is 14.2. The van der Waals surface area contributed by atoms with Gasteiger partial charge in [-0.25, -0.2) is 9.48 Å². The van der Waals surface area contributed by atoms with Gasteiger partial charge in [0.2, 0.25) is 5.91 Å². The van der Waals surface area contributed by atoms with Gasteiger partial charge in [0.05, 0.1) is 0 Å². The Balaban J connectivity index is 1.31. The first kappa shape index (κ1) is 16.1. The van der Waals surface area contributed by atoms with Crippen LogP contribution >= 0.6 is 0 Å². The minimum atomic E-state index is -0.311. The van der Waals surface area contributed by atoms with Crippen LogP contribution in [0.15, 0.2) is 65.7 Å². The standard InChI is InChI=1S/C19H19N5O2/c25-18(14-24-19(26)23-12-4-3-8-17(23)21-24)20-10-5-11-22-13-9-15-6-1-2-7-16(15)22/h1-4,6-9,12-13H,5,10-11,14H2,(H,20,25). The number of rotatable bonds is 6. The highest BCUT2D eigenvalue weighted by molar-refractivity contribution is 5.79. The molecule has 1 aromatic carbocycles. The molecule has 1 N–H and O–H groups in total. The number of carbonyl (C=O) groups is 1. The topological polar surface area (TPSA) is 73.3 Å². The number of nitrogens with zero attached hydrogens (tertiary/aromatic N) is 4. The van der Waals surface area contributed by atoms with Crippen LogP contribution in [-0.4, -0.2) is 31.2 Å². The van der Waals surface area contributed by atoms with Gasteiger partial charge in [0, 0.05) is 31.0 Å². The molecule has 0 spiro atoms. The number of aryl methyl sites for hydroxylation is 1. The number of para-hydroxylation sites is 1. The summed E-state index contributed by atoms with van der Waals surface area (Å²) in [4.78, 5) is 24.2. The summed E-state index contributed by atoms with van der Waals surface area (Å²) in [5, 5.41) is 8.22. The predicted molar refractivity (Wildman–Crippen MR) is 99.0 cm³/mol. The molecule has 3 aromatic heterocycles. The van der Waals surface area contributed by atoms with Crippen LogP contribution in [0.25, 0.3) is 16.6 Å². The maximum Gasteiger partial charge on any atom is 0.350 e. The Morgan fingerprint density at radius 2 is 1.88 bits per heavy atom. The second-order valence-electron chi connectivity index (χ2n) is 6.14. The summed E-state index contributed by atoms with van der Waals surface area (Å²) in [7, 11) is 0. The summed E-state index contributed by atoms with van der Waals surface area (Å²) < 4.78 is 4.78. The maximum absolute atomic E-state index is 12.2. The highest BCUT2D eigenvalue weighted by atomic mass is 16.2. The summed E-state index contributed by atoms with van der Waals surface area (Å²) in [6.45, 7) is 1.29. The van der Waals surface area contributed by atoms with Crippen molar-refractivity contribution in [2.75, 3.05) is 6.54 Å². The van der Waals surface area contributed by atoms with E-state index in [0.717, 1.165) is 13.0 Å². The van der Waals surface area contributed by atoms with Gasteiger partial charge in [0.15, 0.2) is 5.65 Å². The van der Waals surface area contributed by atoms with E-state index in [4.69, 9.17) is 0 Å². The quantitative estimate of drug-likeness (QED) is 0.538. The Morgan fingerprint density at radius 3 is 2.77 bits per heavy atom. The molecule has 0 aliphatic heterocycles. The molecule has 1 amide bonds. The van der Waals surface area contributed by atoms with Crippen molar-refractivity contribution in [3.05, 3.63) is 71.4 Å². The molecule has 0 unspecified atom stereocenters. The highest BCUT2D eigenvalue weighted by Gasteiger charge is 2.09. The van der Waals surface area contributed by atoms with E-state index in [1.807, 2.05) is 12.1 Å². The zero-order chi connectivity index (χ0) is 17.9. The van der Waals surface area contributed by atoms with E-state index in [0.29, 0.717) is 12.2 Å². The average molecular weight is 349 g/mol. The largest absolute Gasteiger partial charge is 0.354 e. The number of aromatic nitrogens is 4. The van der Waals surface area contributed by atoms with Gasteiger partial charge in [-0.15, -0.1) is 5.10 Å². The number of pyridine rings is 1. The molecule has 0 saturated carbocycles. The van der Waals surface area contributed by atoms with Crippen molar-refractivity contribution in [3.8, 4) is 0 Å². The third-order valence-electron chi connectivity index (χ3n) is 4.36. The lowest BCUT2D eigenvalue weighted by atomic mass is 10.2. The van der Waals surface area contributed by atoms with Crippen LogP contribution in [-0.2, 0) is 17.9 Å². The average Bonchev–Trinajstić information content (AvgIpc) is 3.21. The molecule has 4 aromatic rings. The van der Waals surface area contributed by atoms with Crippen LogP contribution in [0.3, 0.4) is 0 Å². The lowest BCUT2D eigenvalue weighted by molar-refractivity contribution is -0.121. The fraction of sp³-hybridized carbons (Fsp3) is 0.211. The van der Waals surface area contributed by atoms with Gasteiger partial charge in [-0.3, -0.25) is 9.20 Å². The number of carbonyl (C=O) groups excluding carboxylic acids is 1. The molecule has 0 aliphatic carbocycles. The van der Waals surface area contributed by atoms with E-state index in [2.05, 4.69) is 39.4 Å². The van der Waals surface area contributed by atoms with E-state index in [-0.39, 0.29) is 18.1 Å². The van der Waals surface area contributed by atoms with E-state index in [1.54, 1.807) is 24.4 Å². The third kappa shape index (κ3) is 3.11. The molecule has 3 heterocycles. The molecular formula is C19H19N5O2. The molecule has 132 valence electrons. The molecule has 26 heavy (non-hydrogen) atoms. The maximum atomic E-state index is 12.2. The predicted octanol–water partition coefficient (Wildman–Crippen LogP) is 1.66. The first-order valence-corrected chi connectivity index (χ1v) is 8.57. The monoisotopic (exact) mass is 349 g/mol. The third-order valence-corrected chi connectivity index (χ3v) is 4.36. The van der Waals surface area contributed by atoms with E-state index >= 15 is 0 Å². The first-order chi connectivity index (χ1) is 12.7. The summed E-state index contributed by atoms with van der Waals surface area (Å²) in [5.41, 5.74) is 1.41. The zero-order valence-electron chi connectivity index (χ0n) is 14.2. The fourth-order valence-corrected chi connectivity index (χ4v) is 3.08. The fourth-order valence-electron chi connectivity index (χ4n) is 3.08. The van der Waals surface area contributed by atoms with Crippen LogP contribution in [0.1, 0.15) is 6.42 Å².